The van der Waals surface area contributed by atoms with Crippen LogP contribution in [0.5, 0.6) is 0 Å². The zero-order chi connectivity index (χ0) is 16.5. The summed E-state index contributed by atoms with van der Waals surface area (Å²) in [6.07, 6.45) is 1.00. The number of sulfonamides is 1. The van der Waals surface area contributed by atoms with Gasteiger partial charge in [0.2, 0.25) is 10.0 Å². The molecule has 1 heterocycles. The van der Waals surface area contributed by atoms with Gasteiger partial charge in [0, 0.05) is 6.54 Å². The molecule has 1 aromatic heterocycles. The Labute approximate surface area is 137 Å². The van der Waals surface area contributed by atoms with Crippen LogP contribution in [0, 0.1) is 0 Å². The average Bonchev–Trinajstić information content (AvgIpc) is 2.72. The van der Waals surface area contributed by atoms with Crippen LogP contribution in [0.15, 0.2) is 28.3 Å². The van der Waals surface area contributed by atoms with Gasteiger partial charge < -0.3 is 4.57 Å². The maximum absolute atomic E-state index is 11.5. The molecule has 0 aliphatic rings. The SMILES string of the molecule is CCCn1c(SC[Si](C)(C)C)nc2cc(S(N)(=O)=O)ccc21. The number of aryl methyl sites for hydroxylation is 1. The Morgan fingerprint density at radius 2 is 2.00 bits per heavy atom. The molecule has 22 heavy (non-hydrogen) atoms. The first-order chi connectivity index (χ1) is 10.1. The fourth-order valence-electron chi connectivity index (χ4n) is 2.10. The van der Waals surface area contributed by atoms with Crippen LogP contribution in [0.3, 0.4) is 0 Å². The molecule has 0 bridgehead atoms. The molecule has 2 aromatic rings. The van der Waals surface area contributed by atoms with Gasteiger partial charge in [0.25, 0.3) is 0 Å². The minimum Gasteiger partial charge on any atom is -0.319 e. The lowest BCUT2D eigenvalue weighted by Gasteiger charge is -2.15. The largest absolute Gasteiger partial charge is 0.319 e. The molecular weight excluding hydrogens is 334 g/mol. The quantitative estimate of drug-likeness (QED) is 0.636. The summed E-state index contributed by atoms with van der Waals surface area (Å²) in [5.41, 5.74) is 1.66. The molecule has 2 rings (SSSR count). The third-order valence-electron chi connectivity index (χ3n) is 3.09. The van der Waals surface area contributed by atoms with Crippen molar-refractivity contribution >= 4 is 40.9 Å². The van der Waals surface area contributed by atoms with Gasteiger partial charge in [-0.3, -0.25) is 0 Å². The van der Waals surface area contributed by atoms with E-state index in [2.05, 4.69) is 36.1 Å². The Kier molecular flexibility index (Phi) is 5.05. The number of hydrogen-bond donors (Lipinski definition) is 1. The van der Waals surface area contributed by atoms with Crippen LogP contribution in [0.2, 0.25) is 19.6 Å². The van der Waals surface area contributed by atoms with Gasteiger partial charge in [-0.15, -0.1) is 0 Å². The summed E-state index contributed by atoms with van der Waals surface area (Å²) in [5, 5.41) is 7.25. The number of nitrogens with zero attached hydrogens (tertiary/aromatic N) is 2. The first-order valence-electron chi connectivity index (χ1n) is 7.28. The Morgan fingerprint density at radius 1 is 1.32 bits per heavy atom. The molecule has 0 fully saturated rings. The Hall–Kier alpha value is -0.833. The molecule has 8 heteroatoms. The van der Waals surface area contributed by atoms with E-state index in [1.165, 1.54) is 0 Å². The first kappa shape index (κ1) is 17.5. The molecule has 0 saturated carbocycles. The zero-order valence-corrected chi connectivity index (χ0v) is 16.1. The van der Waals surface area contributed by atoms with Crippen molar-refractivity contribution in [2.24, 2.45) is 5.14 Å². The van der Waals surface area contributed by atoms with Crippen molar-refractivity contribution in [3.05, 3.63) is 18.2 Å². The smallest absolute Gasteiger partial charge is 0.238 e. The average molecular weight is 358 g/mol. The molecule has 5 nitrogen and oxygen atoms in total. The van der Waals surface area contributed by atoms with Crippen molar-refractivity contribution in [2.45, 2.75) is 49.6 Å². The lowest BCUT2D eigenvalue weighted by atomic mass is 10.3. The van der Waals surface area contributed by atoms with Gasteiger partial charge in [-0.25, -0.2) is 18.5 Å². The Bertz CT molecular complexity index is 779. The van der Waals surface area contributed by atoms with Gasteiger partial charge in [0.1, 0.15) is 0 Å². The monoisotopic (exact) mass is 357 g/mol. The van der Waals surface area contributed by atoms with Crippen LogP contribution in [0.1, 0.15) is 13.3 Å². The molecule has 0 atom stereocenters. The van der Waals surface area contributed by atoms with Gasteiger partial charge in [-0.2, -0.15) is 0 Å². The van der Waals surface area contributed by atoms with E-state index >= 15 is 0 Å². The second-order valence-corrected chi connectivity index (χ2v) is 15.1. The van der Waals surface area contributed by atoms with E-state index in [4.69, 9.17) is 5.14 Å². The third kappa shape index (κ3) is 4.12. The van der Waals surface area contributed by atoms with Crippen molar-refractivity contribution in [1.82, 2.24) is 9.55 Å². The van der Waals surface area contributed by atoms with Crippen molar-refractivity contribution < 1.29 is 8.42 Å². The summed E-state index contributed by atoms with van der Waals surface area (Å²) in [4.78, 5) is 4.75. The molecule has 0 radical (unpaired) electrons. The second-order valence-electron chi connectivity index (χ2n) is 6.59. The highest BCUT2D eigenvalue weighted by molar-refractivity contribution is 8.00. The van der Waals surface area contributed by atoms with Crippen molar-refractivity contribution in [3.63, 3.8) is 0 Å². The van der Waals surface area contributed by atoms with Gasteiger partial charge >= 0.3 is 0 Å². The molecule has 0 spiro atoms. The molecule has 122 valence electrons. The van der Waals surface area contributed by atoms with Gasteiger partial charge in [-0.1, -0.05) is 38.3 Å². The van der Waals surface area contributed by atoms with E-state index in [1.807, 2.05) is 0 Å². The standard InChI is InChI=1S/C14H23N3O2S2Si/c1-5-8-17-13-7-6-11(21(15,18)19)9-12(13)16-14(17)20-10-22(2,3)4/h6-7,9H,5,8,10H2,1-4H3,(H2,15,18,19). The van der Waals surface area contributed by atoms with Crippen LogP contribution in [0.4, 0.5) is 0 Å². The zero-order valence-electron chi connectivity index (χ0n) is 13.5. The highest BCUT2D eigenvalue weighted by Crippen LogP contribution is 2.28. The van der Waals surface area contributed by atoms with E-state index in [1.54, 1.807) is 30.0 Å². The lowest BCUT2D eigenvalue weighted by molar-refractivity contribution is 0.598. The summed E-state index contributed by atoms with van der Waals surface area (Å²) in [6, 6.07) is 4.92. The van der Waals surface area contributed by atoms with Gasteiger partial charge in [-0.05, 0) is 30.0 Å². The Balaban J connectivity index is 2.49. The van der Waals surface area contributed by atoms with Crippen molar-refractivity contribution in [2.75, 3.05) is 5.38 Å². The van der Waals surface area contributed by atoms with Gasteiger partial charge in [0.15, 0.2) is 5.16 Å². The Morgan fingerprint density at radius 3 is 2.55 bits per heavy atom. The summed E-state index contributed by atoms with van der Waals surface area (Å²) < 4.78 is 25.2. The number of rotatable bonds is 6. The molecule has 0 unspecified atom stereocenters. The highest BCUT2D eigenvalue weighted by atomic mass is 32.2. The molecule has 0 saturated heterocycles. The van der Waals surface area contributed by atoms with Crippen LogP contribution in [-0.2, 0) is 16.6 Å². The number of thioether (sulfide) groups is 1. The number of imidazole rings is 1. The van der Waals surface area contributed by atoms with E-state index in [9.17, 15) is 8.42 Å². The molecule has 0 aliphatic heterocycles. The third-order valence-corrected chi connectivity index (χ3v) is 8.62. The van der Waals surface area contributed by atoms with Gasteiger partial charge in [0.05, 0.1) is 24.0 Å². The number of nitrogens with two attached hydrogens (primary N) is 1. The molecule has 1 aromatic carbocycles. The summed E-state index contributed by atoms with van der Waals surface area (Å²) >= 11 is 1.77. The minimum atomic E-state index is -3.69. The van der Waals surface area contributed by atoms with E-state index < -0.39 is 18.1 Å². The fourth-order valence-corrected chi connectivity index (χ4v) is 5.39. The number of benzene rings is 1. The second kappa shape index (κ2) is 6.35. The van der Waals surface area contributed by atoms with Crippen molar-refractivity contribution in [1.29, 1.82) is 0 Å². The van der Waals surface area contributed by atoms with Crippen LogP contribution in [-0.4, -0.2) is 31.4 Å². The maximum atomic E-state index is 11.5. The van der Waals surface area contributed by atoms with Crippen LogP contribution >= 0.6 is 11.8 Å². The van der Waals surface area contributed by atoms with Crippen LogP contribution in [0.25, 0.3) is 11.0 Å². The number of primary sulfonamides is 1. The molecule has 0 amide bonds. The lowest BCUT2D eigenvalue weighted by Crippen LogP contribution is -2.24. The molecular formula is C14H23N3O2S2Si. The van der Waals surface area contributed by atoms with E-state index in [-0.39, 0.29) is 4.90 Å². The normalized spacial score (nSPS) is 13.0. The van der Waals surface area contributed by atoms with Crippen molar-refractivity contribution in [3.8, 4) is 0 Å². The fraction of sp³-hybridized carbons (Fsp3) is 0.500. The predicted molar refractivity (Wildman–Crippen MR) is 95.5 cm³/mol. The topological polar surface area (TPSA) is 78.0 Å². The highest BCUT2D eigenvalue weighted by Gasteiger charge is 2.18. The maximum Gasteiger partial charge on any atom is 0.238 e. The number of hydrogen-bond acceptors (Lipinski definition) is 4. The molecule has 0 aliphatic carbocycles. The minimum absolute atomic E-state index is 0.114. The summed E-state index contributed by atoms with van der Waals surface area (Å²) in [6.45, 7) is 9.97. The first-order valence-corrected chi connectivity index (χ1v) is 13.5. The predicted octanol–water partition coefficient (Wildman–Crippen LogP) is 3.06. The summed E-state index contributed by atoms with van der Waals surface area (Å²) in [5.74, 6) is 0. The summed E-state index contributed by atoms with van der Waals surface area (Å²) in [7, 11) is -4.88. The van der Waals surface area contributed by atoms with E-state index in [0.717, 1.165) is 29.0 Å². The number of fused-ring (bicyclic) bond motifs is 1. The number of aromatic nitrogens is 2. The molecule has 2 N–H and O–H groups in total. The van der Waals surface area contributed by atoms with Crippen LogP contribution < -0.4 is 5.14 Å². The van der Waals surface area contributed by atoms with E-state index in [0.29, 0.717) is 5.52 Å².